The summed E-state index contributed by atoms with van der Waals surface area (Å²) in [6, 6.07) is 5.14. The van der Waals surface area contributed by atoms with E-state index in [2.05, 4.69) is 10.4 Å². The quantitative estimate of drug-likeness (QED) is 0.854. The fourth-order valence-corrected chi connectivity index (χ4v) is 1.69. The molecule has 0 spiro atoms. The van der Waals surface area contributed by atoms with Gasteiger partial charge in [-0.3, -0.25) is 9.48 Å². The third-order valence-electron chi connectivity index (χ3n) is 2.59. The lowest BCUT2D eigenvalue weighted by atomic mass is 10.2. The van der Waals surface area contributed by atoms with Gasteiger partial charge in [-0.1, -0.05) is 0 Å². The Morgan fingerprint density at radius 1 is 1.30 bits per heavy atom. The van der Waals surface area contributed by atoms with Gasteiger partial charge in [-0.05, 0) is 0 Å². The topological polar surface area (TPSA) is 91.4 Å². The molecule has 0 unspecified atom stereocenters. The zero-order chi connectivity index (χ0) is 14.5. The number of aromatic nitrogens is 2. The van der Waals surface area contributed by atoms with Gasteiger partial charge in [0.05, 0.1) is 26.1 Å². The molecule has 20 heavy (non-hydrogen) atoms. The van der Waals surface area contributed by atoms with E-state index in [1.807, 2.05) is 0 Å². The minimum Gasteiger partial charge on any atom is -0.497 e. The summed E-state index contributed by atoms with van der Waals surface area (Å²) in [5, 5.41) is 6.69. The highest BCUT2D eigenvalue weighted by molar-refractivity contribution is 5.91. The van der Waals surface area contributed by atoms with Crippen molar-refractivity contribution >= 4 is 17.3 Å². The lowest BCUT2D eigenvalue weighted by Gasteiger charge is -2.09. The van der Waals surface area contributed by atoms with Crippen molar-refractivity contribution in [1.29, 1.82) is 0 Å². The van der Waals surface area contributed by atoms with Crippen LogP contribution in [-0.2, 0) is 11.3 Å². The van der Waals surface area contributed by atoms with E-state index in [1.165, 1.54) is 10.9 Å². The third kappa shape index (κ3) is 3.41. The van der Waals surface area contributed by atoms with Crippen LogP contribution in [0.15, 0.2) is 30.6 Å². The molecule has 0 bridgehead atoms. The minimum absolute atomic E-state index is 0.0801. The number of nitrogens with one attached hydrogen (secondary N) is 1. The molecule has 0 fully saturated rings. The number of methoxy groups -OCH3 is 2. The summed E-state index contributed by atoms with van der Waals surface area (Å²) in [6.07, 6.45) is 3.08. The Kier molecular flexibility index (Phi) is 4.09. The summed E-state index contributed by atoms with van der Waals surface area (Å²) < 4.78 is 11.7. The van der Waals surface area contributed by atoms with Crippen LogP contribution in [0, 0.1) is 0 Å². The first-order valence-electron chi connectivity index (χ1n) is 5.91. The molecular formula is C13H16N4O3. The molecule has 0 saturated carbocycles. The molecule has 1 aromatic heterocycles. The predicted octanol–water partition coefficient (Wildman–Crippen LogP) is 1.12. The van der Waals surface area contributed by atoms with Crippen LogP contribution < -0.4 is 20.5 Å². The maximum atomic E-state index is 11.9. The summed E-state index contributed by atoms with van der Waals surface area (Å²) in [5.41, 5.74) is 6.64. The Morgan fingerprint density at radius 2 is 1.95 bits per heavy atom. The molecule has 1 aromatic carbocycles. The number of carbonyl (C=O) groups is 1. The predicted molar refractivity (Wildman–Crippen MR) is 74.8 cm³/mol. The van der Waals surface area contributed by atoms with Crippen LogP contribution in [0.2, 0.25) is 0 Å². The molecule has 7 nitrogen and oxygen atoms in total. The van der Waals surface area contributed by atoms with Crippen LogP contribution in [0.5, 0.6) is 11.5 Å². The van der Waals surface area contributed by atoms with Crippen molar-refractivity contribution in [2.45, 2.75) is 6.54 Å². The van der Waals surface area contributed by atoms with Crippen LogP contribution in [-0.4, -0.2) is 29.9 Å². The molecule has 0 aliphatic carbocycles. The van der Waals surface area contributed by atoms with E-state index < -0.39 is 0 Å². The van der Waals surface area contributed by atoms with Gasteiger partial charge in [0.1, 0.15) is 18.0 Å². The highest BCUT2D eigenvalue weighted by Crippen LogP contribution is 2.25. The van der Waals surface area contributed by atoms with Crippen LogP contribution >= 0.6 is 0 Å². The van der Waals surface area contributed by atoms with Crippen LogP contribution in [0.25, 0.3) is 0 Å². The highest BCUT2D eigenvalue weighted by Gasteiger charge is 2.07. The number of benzene rings is 1. The van der Waals surface area contributed by atoms with Gasteiger partial charge in [-0.2, -0.15) is 5.10 Å². The first-order valence-corrected chi connectivity index (χ1v) is 5.91. The van der Waals surface area contributed by atoms with Gasteiger partial charge in [0.25, 0.3) is 0 Å². The normalized spacial score (nSPS) is 10.1. The van der Waals surface area contributed by atoms with Crippen molar-refractivity contribution < 1.29 is 14.3 Å². The molecule has 3 N–H and O–H groups in total. The van der Waals surface area contributed by atoms with Crippen LogP contribution in [0.3, 0.4) is 0 Å². The maximum absolute atomic E-state index is 11.9. The number of amides is 1. The smallest absolute Gasteiger partial charge is 0.246 e. The van der Waals surface area contributed by atoms with Gasteiger partial charge in [-0.15, -0.1) is 0 Å². The Balaban J connectivity index is 2.07. The van der Waals surface area contributed by atoms with E-state index in [4.69, 9.17) is 15.2 Å². The van der Waals surface area contributed by atoms with Gasteiger partial charge in [-0.25, -0.2) is 0 Å². The molecule has 106 valence electrons. The molecule has 7 heteroatoms. The molecule has 0 atom stereocenters. The number of nitrogens with two attached hydrogens (primary N) is 1. The number of hydrogen-bond donors (Lipinski definition) is 2. The lowest BCUT2D eigenvalue weighted by Crippen LogP contribution is -2.19. The first kappa shape index (κ1) is 13.7. The molecule has 0 saturated heterocycles. The Labute approximate surface area is 116 Å². The van der Waals surface area contributed by atoms with E-state index in [0.29, 0.717) is 22.9 Å². The zero-order valence-corrected chi connectivity index (χ0v) is 11.3. The first-order chi connectivity index (χ1) is 9.60. The highest BCUT2D eigenvalue weighted by atomic mass is 16.5. The van der Waals surface area contributed by atoms with E-state index in [1.54, 1.807) is 38.6 Å². The van der Waals surface area contributed by atoms with Crippen molar-refractivity contribution in [3.8, 4) is 11.5 Å². The maximum Gasteiger partial charge on any atom is 0.246 e. The van der Waals surface area contributed by atoms with Crippen molar-refractivity contribution in [3.63, 3.8) is 0 Å². The molecule has 1 amide bonds. The monoisotopic (exact) mass is 276 g/mol. The molecule has 2 rings (SSSR count). The molecule has 0 aliphatic heterocycles. The third-order valence-corrected chi connectivity index (χ3v) is 2.59. The number of anilines is 2. The van der Waals surface area contributed by atoms with Crippen molar-refractivity contribution in [1.82, 2.24) is 9.78 Å². The van der Waals surface area contributed by atoms with Gasteiger partial charge in [0, 0.05) is 30.1 Å². The van der Waals surface area contributed by atoms with Gasteiger partial charge >= 0.3 is 0 Å². The number of carbonyl (C=O) groups excluding carboxylic acids is 1. The molecule has 2 aromatic rings. The SMILES string of the molecule is COc1cc(NC(=O)Cn2cc(N)cn2)cc(OC)c1. The summed E-state index contributed by atoms with van der Waals surface area (Å²) in [6.45, 7) is 0.0801. The van der Waals surface area contributed by atoms with Gasteiger partial charge < -0.3 is 20.5 Å². The van der Waals surface area contributed by atoms with Gasteiger partial charge in [0.2, 0.25) is 5.91 Å². The van der Waals surface area contributed by atoms with Gasteiger partial charge in [0.15, 0.2) is 0 Å². The summed E-state index contributed by atoms with van der Waals surface area (Å²) in [7, 11) is 3.10. The Hall–Kier alpha value is -2.70. The molecule has 0 aliphatic rings. The average molecular weight is 276 g/mol. The minimum atomic E-state index is -0.219. The number of nitrogens with zero attached hydrogens (tertiary/aromatic N) is 2. The number of rotatable bonds is 5. The fraction of sp³-hybridized carbons (Fsp3) is 0.231. The van der Waals surface area contributed by atoms with E-state index in [0.717, 1.165) is 0 Å². The number of hydrogen-bond acceptors (Lipinski definition) is 5. The lowest BCUT2D eigenvalue weighted by molar-refractivity contribution is -0.116. The van der Waals surface area contributed by atoms with E-state index >= 15 is 0 Å². The summed E-state index contributed by atoms with van der Waals surface area (Å²) in [4.78, 5) is 11.9. The molecule has 0 radical (unpaired) electrons. The van der Waals surface area contributed by atoms with Crippen molar-refractivity contribution in [3.05, 3.63) is 30.6 Å². The summed E-state index contributed by atoms with van der Waals surface area (Å²) >= 11 is 0. The van der Waals surface area contributed by atoms with Crippen LogP contribution in [0.1, 0.15) is 0 Å². The molecular weight excluding hydrogens is 260 g/mol. The van der Waals surface area contributed by atoms with Crippen molar-refractivity contribution in [2.75, 3.05) is 25.3 Å². The summed E-state index contributed by atoms with van der Waals surface area (Å²) in [5.74, 6) is 0.981. The average Bonchev–Trinajstić information content (AvgIpc) is 2.83. The Morgan fingerprint density at radius 3 is 2.45 bits per heavy atom. The Bertz CT molecular complexity index is 587. The van der Waals surface area contributed by atoms with E-state index in [-0.39, 0.29) is 12.5 Å². The number of nitrogen functional groups attached to an aromatic ring is 1. The second kappa shape index (κ2) is 5.96. The van der Waals surface area contributed by atoms with Crippen molar-refractivity contribution in [2.24, 2.45) is 0 Å². The molecule has 1 heterocycles. The number of ether oxygens (including phenoxy) is 2. The second-order valence-electron chi connectivity index (χ2n) is 4.12. The largest absolute Gasteiger partial charge is 0.497 e. The van der Waals surface area contributed by atoms with Crippen LogP contribution in [0.4, 0.5) is 11.4 Å². The zero-order valence-electron chi connectivity index (χ0n) is 11.3. The fourth-order valence-electron chi connectivity index (χ4n) is 1.69. The standard InChI is InChI=1S/C13H16N4O3/c1-19-11-3-10(4-12(5-11)20-2)16-13(18)8-17-7-9(14)6-15-17/h3-7H,8,14H2,1-2H3,(H,16,18). The van der Waals surface area contributed by atoms with E-state index in [9.17, 15) is 4.79 Å². The second-order valence-corrected chi connectivity index (χ2v) is 4.12.